The normalized spacial score (nSPS) is 16.5. The van der Waals surface area contributed by atoms with Gasteiger partial charge in [0.25, 0.3) is 0 Å². The van der Waals surface area contributed by atoms with Gasteiger partial charge in [0.2, 0.25) is 0 Å². The van der Waals surface area contributed by atoms with Crippen LogP contribution in [-0.2, 0) is 16.6 Å². The molecule has 0 N–H and O–H groups in total. The number of aromatic nitrogens is 5. The van der Waals surface area contributed by atoms with Crippen LogP contribution in [-0.4, -0.2) is 50.9 Å². The zero-order chi connectivity index (χ0) is 19.0. The third-order valence-corrected chi connectivity index (χ3v) is 5.36. The second kappa shape index (κ2) is 6.61. The average molecular weight is 366 g/mol. The molecule has 8 heteroatoms. The second-order valence-electron chi connectivity index (χ2n) is 7.15. The van der Waals surface area contributed by atoms with Crippen molar-refractivity contribution in [2.75, 3.05) is 25.1 Å². The van der Waals surface area contributed by atoms with Gasteiger partial charge in [-0.25, -0.2) is 9.97 Å². The minimum Gasteiger partial charge on any atom is -0.469 e. The van der Waals surface area contributed by atoms with Gasteiger partial charge in [-0.05, 0) is 31.9 Å². The summed E-state index contributed by atoms with van der Waals surface area (Å²) in [7, 11) is 3.32. The number of esters is 1. The molecular formula is C19H22N6O2. The number of rotatable bonds is 3. The van der Waals surface area contributed by atoms with E-state index in [-0.39, 0.29) is 5.97 Å². The standard InChI is InChI=1S/C19H22N6O2/c1-19(18(26)27-3)6-10-25(11-7-19)17-14-12-21-24(2)16(14)22-15(23-17)13-4-8-20-9-5-13/h4-5,8-9,12H,6-7,10-11H2,1-3H3. The molecule has 3 aromatic rings. The Hall–Kier alpha value is -3.03. The third kappa shape index (κ3) is 3.01. The zero-order valence-electron chi connectivity index (χ0n) is 15.7. The van der Waals surface area contributed by atoms with Gasteiger partial charge in [-0.1, -0.05) is 0 Å². The molecule has 0 radical (unpaired) electrons. The summed E-state index contributed by atoms with van der Waals surface area (Å²) in [5.74, 6) is 1.35. The molecule has 4 heterocycles. The van der Waals surface area contributed by atoms with Crippen LogP contribution in [0.4, 0.5) is 5.82 Å². The van der Waals surface area contributed by atoms with E-state index < -0.39 is 5.41 Å². The lowest BCUT2D eigenvalue weighted by Crippen LogP contribution is -2.43. The number of methoxy groups -OCH3 is 1. The highest BCUT2D eigenvalue weighted by molar-refractivity contribution is 5.89. The maximum atomic E-state index is 12.1. The molecular weight excluding hydrogens is 344 g/mol. The molecule has 0 atom stereocenters. The number of aryl methyl sites for hydroxylation is 1. The molecule has 1 saturated heterocycles. The van der Waals surface area contributed by atoms with Crippen LogP contribution in [0.25, 0.3) is 22.4 Å². The number of nitrogens with zero attached hydrogens (tertiary/aromatic N) is 6. The predicted octanol–water partition coefficient (Wildman–Crippen LogP) is 2.20. The largest absolute Gasteiger partial charge is 0.469 e. The molecule has 0 bridgehead atoms. The predicted molar refractivity (Wildman–Crippen MR) is 101 cm³/mol. The average Bonchev–Trinajstić information content (AvgIpc) is 3.09. The Bertz CT molecular complexity index is 977. The van der Waals surface area contributed by atoms with Crippen LogP contribution in [0.15, 0.2) is 30.7 Å². The van der Waals surface area contributed by atoms with Crippen LogP contribution < -0.4 is 4.90 Å². The number of pyridine rings is 1. The van der Waals surface area contributed by atoms with Gasteiger partial charge in [-0.3, -0.25) is 14.5 Å². The number of carbonyl (C=O) groups is 1. The molecule has 3 aromatic heterocycles. The number of fused-ring (bicyclic) bond motifs is 1. The van der Waals surface area contributed by atoms with Gasteiger partial charge < -0.3 is 9.64 Å². The number of piperidine rings is 1. The van der Waals surface area contributed by atoms with Crippen molar-refractivity contribution in [1.82, 2.24) is 24.7 Å². The summed E-state index contributed by atoms with van der Waals surface area (Å²) in [6.45, 7) is 3.42. The smallest absolute Gasteiger partial charge is 0.311 e. The zero-order valence-corrected chi connectivity index (χ0v) is 15.7. The molecule has 1 aliphatic rings. The third-order valence-electron chi connectivity index (χ3n) is 5.36. The first-order valence-corrected chi connectivity index (χ1v) is 8.95. The first-order chi connectivity index (χ1) is 13.0. The van der Waals surface area contributed by atoms with E-state index in [4.69, 9.17) is 14.7 Å². The minimum atomic E-state index is -0.444. The highest BCUT2D eigenvalue weighted by Crippen LogP contribution is 2.36. The van der Waals surface area contributed by atoms with Crippen molar-refractivity contribution in [3.63, 3.8) is 0 Å². The van der Waals surface area contributed by atoms with Crippen molar-refractivity contribution in [3.05, 3.63) is 30.7 Å². The van der Waals surface area contributed by atoms with Gasteiger partial charge >= 0.3 is 5.97 Å². The van der Waals surface area contributed by atoms with E-state index >= 15 is 0 Å². The molecule has 0 unspecified atom stereocenters. The molecule has 4 rings (SSSR count). The molecule has 1 fully saturated rings. The molecule has 8 nitrogen and oxygen atoms in total. The van der Waals surface area contributed by atoms with Gasteiger partial charge in [0.05, 0.1) is 24.1 Å². The summed E-state index contributed by atoms with van der Waals surface area (Å²) in [5, 5.41) is 5.27. The Morgan fingerprint density at radius 2 is 1.89 bits per heavy atom. The molecule has 0 saturated carbocycles. The fourth-order valence-corrected chi connectivity index (χ4v) is 3.54. The van der Waals surface area contributed by atoms with Crippen molar-refractivity contribution in [3.8, 4) is 11.4 Å². The Kier molecular flexibility index (Phi) is 4.25. The molecule has 140 valence electrons. The first-order valence-electron chi connectivity index (χ1n) is 8.95. The fourth-order valence-electron chi connectivity index (χ4n) is 3.54. The Labute approximate surface area is 157 Å². The second-order valence-corrected chi connectivity index (χ2v) is 7.15. The molecule has 0 amide bonds. The van der Waals surface area contributed by atoms with E-state index in [0.717, 1.165) is 48.3 Å². The van der Waals surface area contributed by atoms with Crippen molar-refractivity contribution in [1.29, 1.82) is 0 Å². The Morgan fingerprint density at radius 1 is 1.19 bits per heavy atom. The molecule has 0 aliphatic carbocycles. The summed E-state index contributed by atoms with van der Waals surface area (Å²) >= 11 is 0. The van der Waals surface area contributed by atoms with Crippen LogP contribution in [0.1, 0.15) is 19.8 Å². The van der Waals surface area contributed by atoms with Gasteiger partial charge in [0.15, 0.2) is 11.5 Å². The van der Waals surface area contributed by atoms with E-state index in [1.54, 1.807) is 23.3 Å². The van der Waals surface area contributed by atoms with Crippen LogP contribution in [0, 0.1) is 5.41 Å². The maximum absolute atomic E-state index is 12.1. The van der Waals surface area contributed by atoms with Crippen LogP contribution in [0.3, 0.4) is 0 Å². The van der Waals surface area contributed by atoms with Gasteiger partial charge in [0.1, 0.15) is 5.82 Å². The lowest BCUT2D eigenvalue weighted by molar-refractivity contribution is -0.152. The summed E-state index contributed by atoms with van der Waals surface area (Å²) in [5.41, 5.74) is 1.25. The van der Waals surface area contributed by atoms with Gasteiger partial charge in [-0.15, -0.1) is 0 Å². The number of hydrogen-bond donors (Lipinski definition) is 0. The molecule has 27 heavy (non-hydrogen) atoms. The quantitative estimate of drug-likeness (QED) is 0.657. The van der Waals surface area contributed by atoms with Crippen molar-refractivity contribution >= 4 is 22.8 Å². The number of ether oxygens (including phenoxy) is 1. The molecule has 0 spiro atoms. The van der Waals surface area contributed by atoms with Crippen LogP contribution in [0.5, 0.6) is 0 Å². The number of hydrogen-bond acceptors (Lipinski definition) is 7. The summed E-state index contributed by atoms with van der Waals surface area (Å²) in [6, 6.07) is 3.79. The fraction of sp³-hybridized carbons (Fsp3) is 0.421. The summed E-state index contributed by atoms with van der Waals surface area (Å²) in [4.78, 5) is 27.9. The van der Waals surface area contributed by atoms with Crippen molar-refractivity contribution in [2.24, 2.45) is 12.5 Å². The van der Waals surface area contributed by atoms with Crippen LogP contribution >= 0.6 is 0 Å². The maximum Gasteiger partial charge on any atom is 0.311 e. The van der Waals surface area contributed by atoms with E-state index in [0.29, 0.717) is 5.82 Å². The number of anilines is 1. The minimum absolute atomic E-state index is 0.145. The lowest BCUT2D eigenvalue weighted by atomic mass is 9.80. The topological polar surface area (TPSA) is 86.0 Å². The first kappa shape index (κ1) is 17.4. The van der Waals surface area contributed by atoms with E-state index in [1.165, 1.54) is 7.11 Å². The highest BCUT2D eigenvalue weighted by Gasteiger charge is 2.38. The number of carbonyl (C=O) groups excluding carboxylic acids is 1. The Morgan fingerprint density at radius 3 is 2.56 bits per heavy atom. The summed E-state index contributed by atoms with van der Waals surface area (Å²) < 4.78 is 6.74. The van der Waals surface area contributed by atoms with E-state index in [9.17, 15) is 4.79 Å². The Balaban J connectivity index is 1.73. The summed E-state index contributed by atoms with van der Waals surface area (Å²) in [6.07, 6.45) is 6.70. The monoisotopic (exact) mass is 366 g/mol. The van der Waals surface area contributed by atoms with Gasteiger partial charge in [-0.2, -0.15) is 5.10 Å². The van der Waals surface area contributed by atoms with Crippen LogP contribution in [0.2, 0.25) is 0 Å². The molecule has 1 aliphatic heterocycles. The highest BCUT2D eigenvalue weighted by atomic mass is 16.5. The van der Waals surface area contributed by atoms with E-state index in [2.05, 4.69) is 15.0 Å². The SMILES string of the molecule is COC(=O)C1(C)CCN(c2nc(-c3ccncc3)nc3c2cnn3C)CC1. The van der Waals surface area contributed by atoms with Crippen molar-refractivity contribution < 1.29 is 9.53 Å². The van der Waals surface area contributed by atoms with Crippen molar-refractivity contribution in [2.45, 2.75) is 19.8 Å². The molecule has 0 aromatic carbocycles. The lowest BCUT2D eigenvalue weighted by Gasteiger charge is -2.38. The van der Waals surface area contributed by atoms with Gasteiger partial charge in [0, 0.05) is 38.1 Å². The van der Waals surface area contributed by atoms with E-state index in [1.807, 2.05) is 26.1 Å².